The van der Waals surface area contributed by atoms with E-state index in [0.29, 0.717) is 22.4 Å². The number of esters is 1. The summed E-state index contributed by atoms with van der Waals surface area (Å²) in [6.07, 6.45) is -17.8. The lowest BCUT2D eigenvalue weighted by Crippen LogP contribution is -2.61. The van der Waals surface area contributed by atoms with Crippen LogP contribution >= 0.6 is 0 Å². The third-order valence-electron chi connectivity index (χ3n) is 12.6. The van der Waals surface area contributed by atoms with Crippen LogP contribution in [-0.4, -0.2) is 142 Å². The number of cyclic esters (lactones) is 1. The predicted octanol–water partition coefficient (Wildman–Crippen LogP) is 5.51. The molecule has 4 rings (SSSR count). The number of alkyl halides is 6. The molecule has 1 saturated heterocycles. The van der Waals surface area contributed by atoms with Gasteiger partial charge in [0.2, 0.25) is 23.6 Å². The number of likely N-dealkylation sites (N-methyl/N-ethyl adjacent to an activating group) is 3. The molecule has 4 N–H and O–H groups in total. The standard InChI is InChI=1S/C50H66F6N8O8/c1-28(2)21-35-45(68)61(7)31(6)48(71)72-41(15-12-20-57)44(67)60-37(25-50(54,55)56)47(70)62(8)39(22-29(3)4)42(65)59-36(24-49(51,52)53)46(69)63(9)40(43(66)58-35)23-33-27-64(38-14-11-10-13-34(33)38)26-32-18-16-30(5)17-19-32/h10-11,13-14,16-19,27-29,31,35-37,39-41,45,68H,12,15,21-26H2,1-9H3,(H,58,66)(H,59,65)(H,60,67)/t31-,35-,36-,37-,39-,40-,41+,45?/m0/s1. The Balaban J connectivity index is 1.95. The number of aryl methyl sites for hydroxylation is 1. The van der Waals surface area contributed by atoms with E-state index >= 15 is 0 Å². The first-order chi connectivity index (χ1) is 33.5. The van der Waals surface area contributed by atoms with Crippen LogP contribution in [0, 0.1) is 30.1 Å². The summed E-state index contributed by atoms with van der Waals surface area (Å²) in [6.45, 7) is 10.2. The van der Waals surface area contributed by atoms with Crippen molar-refractivity contribution in [3.8, 4) is 6.07 Å². The maximum atomic E-state index is 14.9. The number of hydrogen-bond donors (Lipinski definition) is 4. The highest BCUT2D eigenvalue weighted by Crippen LogP contribution is 2.29. The number of nitrogens with one attached hydrogen (secondary N) is 3. The summed E-state index contributed by atoms with van der Waals surface area (Å²) < 4.78 is 93.5. The van der Waals surface area contributed by atoms with Gasteiger partial charge in [-0.05, 0) is 62.8 Å². The van der Waals surface area contributed by atoms with Gasteiger partial charge in [0, 0.05) is 57.0 Å². The molecule has 396 valence electrons. The minimum Gasteiger partial charge on any atom is -0.451 e. The molecule has 0 aliphatic carbocycles. The van der Waals surface area contributed by atoms with Crippen molar-refractivity contribution in [1.82, 2.24) is 35.2 Å². The molecule has 72 heavy (non-hydrogen) atoms. The number of carbonyl (C=O) groups excluding carboxylic acids is 6. The molecule has 1 aliphatic rings. The van der Waals surface area contributed by atoms with Crippen molar-refractivity contribution in [1.29, 1.82) is 5.26 Å². The zero-order valence-corrected chi connectivity index (χ0v) is 41.9. The van der Waals surface area contributed by atoms with Crippen molar-refractivity contribution >= 4 is 46.4 Å². The van der Waals surface area contributed by atoms with Gasteiger partial charge in [-0.15, -0.1) is 0 Å². The van der Waals surface area contributed by atoms with E-state index in [1.807, 2.05) is 47.1 Å². The lowest BCUT2D eigenvalue weighted by Gasteiger charge is -2.37. The first-order valence-corrected chi connectivity index (χ1v) is 23.7. The lowest BCUT2D eigenvalue weighted by molar-refractivity contribution is -0.167. The fourth-order valence-corrected chi connectivity index (χ4v) is 8.60. The SMILES string of the molecule is Cc1ccc(Cn2cc(C[C@H]3C(=O)N[C@@H](CC(C)C)C(O)N(C)[C@@H](C)C(=O)O[C@H](CCC#N)C(=O)N[C@@H](CC(F)(F)F)C(=O)N(C)[C@@H](CC(C)C)C(=O)N[C@@H](CC(F)(F)F)C(=O)N3C)c3ccccc32)cc1. The Morgan fingerprint density at radius 3 is 1.82 bits per heavy atom. The molecule has 0 saturated carbocycles. The predicted molar refractivity (Wildman–Crippen MR) is 253 cm³/mol. The van der Waals surface area contributed by atoms with Gasteiger partial charge in [-0.2, -0.15) is 31.6 Å². The smallest absolute Gasteiger partial charge is 0.391 e. The molecule has 0 radical (unpaired) electrons. The van der Waals surface area contributed by atoms with Gasteiger partial charge >= 0.3 is 18.3 Å². The largest absolute Gasteiger partial charge is 0.451 e. The maximum absolute atomic E-state index is 14.9. The molecular formula is C50H66F6N8O8. The van der Waals surface area contributed by atoms with E-state index in [1.165, 1.54) is 14.0 Å². The number of fused-ring (bicyclic) bond motifs is 1. The average Bonchev–Trinajstić information content (AvgIpc) is 3.64. The average molecular weight is 1020 g/mol. The molecule has 0 bridgehead atoms. The Bertz CT molecular complexity index is 2420. The fraction of sp³-hybridized carbons (Fsp3) is 0.580. The first-order valence-electron chi connectivity index (χ1n) is 23.7. The molecule has 1 fully saturated rings. The molecule has 8 atom stereocenters. The Morgan fingerprint density at radius 1 is 0.750 bits per heavy atom. The van der Waals surface area contributed by atoms with Crippen LogP contribution in [0.1, 0.15) is 89.8 Å². The summed E-state index contributed by atoms with van der Waals surface area (Å²) in [4.78, 5) is 87.8. The fourth-order valence-electron chi connectivity index (χ4n) is 8.60. The lowest BCUT2D eigenvalue weighted by atomic mass is 9.98. The molecule has 1 unspecified atom stereocenters. The van der Waals surface area contributed by atoms with E-state index in [1.54, 1.807) is 58.2 Å². The van der Waals surface area contributed by atoms with Gasteiger partial charge in [-0.1, -0.05) is 75.7 Å². The monoisotopic (exact) mass is 1020 g/mol. The van der Waals surface area contributed by atoms with Gasteiger partial charge in [-0.3, -0.25) is 33.7 Å². The second-order valence-electron chi connectivity index (χ2n) is 19.4. The van der Waals surface area contributed by atoms with Crippen molar-refractivity contribution in [3.63, 3.8) is 0 Å². The Kier molecular flexibility index (Phi) is 20.2. The van der Waals surface area contributed by atoms with Crippen molar-refractivity contribution in [2.45, 2.75) is 154 Å². The Hall–Kier alpha value is -6.21. The number of nitriles is 1. The zero-order valence-electron chi connectivity index (χ0n) is 41.9. The second-order valence-corrected chi connectivity index (χ2v) is 19.4. The minimum atomic E-state index is -5.14. The van der Waals surface area contributed by atoms with Crippen LogP contribution in [0.5, 0.6) is 0 Å². The highest BCUT2D eigenvalue weighted by Gasteiger charge is 2.45. The van der Waals surface area contributed by atoms with Gasteiger partial charge in [0.15, 0.2) is 6.10 Å². The summed E-state index contributed by atoms with van der Waals surface area (Å²) >= 11 is 0. The zero-order chi connectivity index (χ0) is 54.0. The number of ether oxygens (including phenoxy) is 1. The number of para-hydroxylation sites is 1. The quantitative estimate of drug-likeness (QED) is 0.132. The number of hydrogen-bond acceptors (Lipinski definition) is 10. The molecule has 22 heteroatoms. The van der Waals surface area contributed by atoms with Crippen molar-refractivity contribution in [2.75, 3.05) is 21.1 Å². The molecule has 16 nitrogen and oxygen atoms in total. The van der Waals surface area contributed by atoms with Gasteiger partial charge < -0.3 is 40.2 Å². The topological polar surface area (TPSA) is 206 Å². The van der Waals surface area contributed by atoms with E-state index in [-0.39, 0.29) is 25.2 Å². The summed E-state index contributed by atoms with van der Waals surface area (Å²) in [5.74, 6) is -8.63. The highest BCUT2D eigenvalue weighted by molar-refractivity contribution is 5.96. The summed E-state index contributed by atoms with van der Waals surface area (Å²) in [6, 6.07) is 5.55. The van der Waals surface area contributed by atoms with Crippen LogP contribution in [0.15, 0.2) is 54.7 Å². The second kappa shape index (κ2) is 25.0. The number of halogens is 6. The van der Waals surface area contributed by atoms with Crippen LogP contribution in [0.2, 0.25) is 0 Å². The van der Waals surface area contributed by atoms with Crippen molar-refractivity contribution in [3.05, 3.63) is 71.4 Å². The molecule has 1 aromatic heterocycles. The normalized spacial score (nSPS) is 24.5. The molecule has 2 heterocycles. The summed E-state index contributed by atoms with van der Waals surface area (Å²) in [7, 11) is 3.26. The molecule has 3 aromatic rings. The summed E-state index contributed by atoms with van der Waals surface area (Å²) in [5.41, 5.74) is 3.18. The third-order valence-corrected chi connectivity index (χ3v) is 12.6. The molecule has 0 spiro atoms. The molecule has 1 aliphatic heterocycles. The van der Waals surface area contributed by atoms with E-state index in [0.717, 1.165) is 40.5 Å². The number of carbonyl (C=O) groups is 6. The number of aliphatic hydroxyl groups is 1. The van der Waals surface area contributed by atoms with Crippen molar-refractivity contribution < 1.29 is 65.0 Å². The van der Waals surface area contributed by atoms with E-state index in [4.69, 9.17) is 4.74 Å². The molecule has 5 amide bonds. The van der Waals surface area contributed by atoms with Gasteiger partial charge in [0.1, 0.15) is 36.4 Å². The van der Waals surface area contributed by atoms with Gasteiger partial charge in [0.05, 0.1) is 25.0 Å². The first kappa shape index (κ1) is 58.4. The number of nitrogens with zero attached hydrogens (tertiary/aromatic N) is 5. The number of aliphatic hydroxyl groups excluding tert-OH is 1. The molecular weight excluding hydrogens is 955 g/mol. The van der Waals surface area contributed by atoms with Crippen LogP contribution in [-0.2, 0) is 46.5 Å². The number of amides is 5. The molecule has 2 aromatic carbocycles. The van der Waals surface area contributed by atoms with Crippen LogP contribution in [0.4, 0.5) is 26.3 Å². The van der Waals surface area contributed by atoms with Crippen LogP contribution in [0.25, 0.3) is 10.9 Å². The Morgan fingerprint density at radius 2 is 1.28 bits per heavy atom. The third kappa shape index (κ3) is 16.2. The highest BCUT2D eigenvalue weighted by atomic mass is 19.4. The van der Waals surface area contributed by atoms with Gasteiger partial charge in [-0.25, -0.2) is 0 Å². The van der Waals surface area contributed by atoms with Crippen LogP contribution < -0.4 is 16.0 Å². The minimum absolute atomic E-state index is 0.0264. The number of benzene rings is 2. The van der Waals surface area contributed by atoms with Gasteiger partial charge in [0.25, 0.3) is 5.91 Å². The van der Waals surface area contributed by atoms with Crippen molar-refractivity contribution in [2.24, 2.45) is 11.8 Å². The summed E-state index contributed by atoms with van der Waals surface area (Å²) in [5, 5.41) is 28.7. The van der Waals surface area contributed by atoms with Crippen LogP contribution in [0.3, 0.4) is 0 Å². The van der Waals surface area contributed by atoms with E-state index < -0.39 is 128 Å². The number of rotatable bonds is 12. The number of aromatic nitrogens is 1. The van der Waals surface area contributed by atoms with E-state index in [9.17, 15) is 65.5 Å². The maximum Gasteiger partial charge on any atom is 0.391 e. The Labute approximate surface area is 415 Å². The van der Waals surface area contributed by atoms with E-state index in [2.05, 4.69) is 10.6 Å².